The first-order chi connectivity index (χ1) is 6.83. The van der Waals surface area contributed by atoms with Crippen molar-refractivity contribution in [2.45, 2.75) is 32.1 Å². The van der Waals surface area contributed by atoms with Crippen LogP contribution in [0, 0.1) is 11.8 Å². The second-order valence-electron chi connectivity index (χ2n) is 4.93. The van der Waals surface area contributed by atoms with Crippen molar-refractivity contribution >= 4 is 5.78 Å². The maximum Gasteiger partial charge on any atom is 0.157 e. The molecule has 0 aromatic rings. The smallest absolute Gasteiger partial charge is 0.157 e. The summed E-state index contributed by atoms with van der Waals surface area (Å²) in [6.45, 7) is 2.42. The zero-order valence-electron chi connectivity index (χ0n) is 8.54. The van der Waals surface area contributed by atoms with Crippen molar-refractivity contribution < 1.29 is 4.79 Å². The quantitative estimate of drug-likeness (QED) is 0.665. The molecule has 2 nitrogen and oxygen atoms in total. The van der Waals surface area contributed by atoms with Crippen molar-refractivity contribution in [1.29, 1.82) is 0 Å². The van der Waals surface area contributed by atoms with Crippen LogP contribution in [0.4, 0.5) is 0 Å². The summed E-state index contributed by atoms with van der Waals surface area (Å²) < 4.78 is 0. The van der Waals surface area contributed by atoms with Crippen molar-refractivity contribution in [3.8, 4) is 0 Å². The summed E-state index contributed by atoms with van der Waals surface area (Å²) in [5.41, 5.74) is 1.32. The predicted molar refractivity (Wildman–Crippen MR) is 54.7 cm³/mol. The van der Waals surface area contributed by atoms with E-state index in [1.54, 1.807) is 0 Å². The molecular formula is C12H17NO. The third kappa shape index (κ3) is 1.47. The molecule has 2 fully saturated rings. The lowest BCUT2D eigenvalue weighted by molar-refractivity contribution is -0.114. The average Bonchev–Trinajstić information content (AvgIpc) is 2.76. The van der Waals surface area contributed by atoms with E-state index in [1.165, 1.54) is 38.0 Å². The van der Waals surface area contributed by atoms with Gasteiger partial charge in [0.1, 0.15) is 0 Å². The summed E-state index contributed by atoms with van der Waals surface area (Å²) in [6, 6.07) is 0. The van der Waals surface area contributed by atoms with Crippen molar-refractivity contribution in [3.63, 3.8) is 0 Å². The molecule has 0 spiro atoms. The summed E-state index contributed by atoms with van der Waals surface area (Å²) in [6.07, 6.45) is 7.88. The van der Waals surface area contributed by atoms with Gasteiger partial charge in [0, 0.05) is 31.3 Å². The summed E-state index contributed by atoms with van der Waals surface area (Å²) in [7, 11) is 0. The number of hydrogen-bond donors (Lipinski definition) is 0. The third-order valence-electron chi connectivity index (χ3n) is 3.87. The Balaban J connectivity index is 1.64. The maximum atomic E-state index is 11.1. The van der Waals surface area contributed by atoms with Crippen LogP contribution in [-0.4, -0.2) is 23.8 Å². The Bertz CT molecular complexity index is 291. The molecule has 2 heteroatoms. The Kier molecular flexibility index (Phi) is 1.89. The summed E-state index contributed by atoms with van der Waals surface area (Å²) in [5, 5.41) is 0. The molecule has 1 atom stereocenters. The molecule has 3 rings (SSSR count). The minimum Gasteiger partial charge on any atom is -0.374 e. The minimum atomic E-state index is 0.329. The van der Waals surface area contributed by atoms with Gasteiger partial charge >= 0.3 is 0 Å². The molecule has 76 valence electrons. The van der Waals surface area contributed by atoms with E-state index >= 15 is 0 Å². The zero-order valence-corrected chi connectivity index (χ0v) is 8.54. The molecule has 0 amide bonds. The Morgan fingerprint density at radius 2 is 2.00 bits per heavy atom. The van der Waals surface area contributed by atoms with E-state index in [-0.39, 0.29) is 0 Å². The lowest BCUT2D eigenvalue weighted by Crippen LogP contribution is -2.19. The second-order valence-corrected chi connectivity index (χ2v) is 4.93. The van der Waals surface area contributed by atoms with Gasteiger partial charge in [-0.15, -0.1) is 0 Å². The molecule has 0 bridgehead atoms. The lowest BCUT2D eigenvalue weighted by Gasteiger charge is -2.19. The lowest BCUT2D eigenvalue weighted by atomic mass is 10.0. The molecule has 1 unspecified atom stereocenters. The van der Waals surface area contributed by atoms with Crippen molar-refractivity contribution in [2.75, 3.05) is 13.1 Å². The van der Waals surface area contributed by atoms with Crippen LogP contribution in [-0.2, 0) is 4.79 Å². The maximum absolute atomic E-state index is 11.1. The molecule has 1 saturated carbocycles. The molecular weight excluding hydrogens is 174 g/mol. The molecule has 1 saturated heterocycles. The zero-order chi connectivity index (χ0) is 9.54. The van der Waals surface area contributed by atoms with Gasteiger partial charge in [0.25, 0.3) is 0 Å². The van der Waals surface area contributed by atoms with Crippen molar-refractivity contribution in [3.05, 3.63) is 11.8 Å². The van der Waals surface area contributed by atoms with Crippen molar-refractivity contribution in [2.24, 2.45) is 11.8 Å². The Labute approximate surface area is 85.0 Å². The Hall–Kier alpha value is -0.790. The van der Waals surface area contributed by atoms with Crippen LogP contribution < -0.4 is 0 Å². The van der Waals surface area contributed by atoms with Crippen LogP contribution in [0.15, 0.2) is 11.8 Å². The largest absolute Gasteiger partial charge is 0.374 e. The Morgan fingerprint density at radius 1 is 1.14 bits per heavy atom. The highest BCUT2D eigenvalue weighted by Crippen LogP contribution is 2.42. The van der Waals surface area contributed by atoms with Gasteiger partial charge in [0.2, 0.25) is 0 Å². The SMILES string of the molecule is O=C1C=C(N2CCC(C3CC3)C2)CC1. The standard InChI is InChI=1S/C12H17NO/c14-12-4-3-11(7-12)13-6-5-10(8-13)9-1-2-9/h7,9-10H,1-6,8H2. The van der Waals surface area contributed by atoms with Gasteiger partial charge in [-0.2, -0.15) is 0 Å². The fourth-order valence-electron chi connectivity index (χ4n) is 2.83. The van der Waals surface area contributed by atoms with Crippen LogP contribution in [0.5, 0.6) is 0 Å². The number of nitrogens with zero attached hydrogens (tertiary/aromatic N) is 1. The average molecular weight is 191 g/mol. The van der Waals surface area contributed by atoms with E-state index in [2.05, 4.69) is 4.90 Å². The summed E-state index contributed by atoms with van der Waals surface area (Å²) in [5.74, 6) is 2.29. The minimum absolute atomic E-state index is 0.329. The molecule has 0 aromatic carbocycles. The molecule has 1 heterocycles. The van der Waals surface area contributed by atoms with Crippen LogP contribution in [0.3, 0.4) is 0 Å². The third-order valence-corrected chi connectivity index (χ3v) is 3.87. The van der Waals surface area contributed by atoms with Gasteiger partial charge in [-0.1, -0.05) is 0 Å². The highest BCUT2D eigenvalue weighted by atomic mass is 16.1. The number of carbonyl (C=O) groups excluding carboxylic acids is 1. The number of likely N-dealkylation sites (tertiary alicyclic amines) is 1. The first kappa shape index (κ1) is 8.51. The number of ketones is 1. The Morgan fingerprint density at radius 3 is 2.64 bits per heavy atom. The molecule has 3 aliphatic rings. The van der Waals surface area contributed by atoms with Gasteiger partial charge in [0.15, 0.2) is 5.78 Å². The van der Waals surface area contributed by atoms with Gasteiger partial charge in [-0.25, -0.2) is 0 Å². The van der Waals surface area contributed by atoms with Gasteiger partial charge in [-0.3, -0.25) is 4.79 Å². The van der Waals surface area contributed by atoms with E-state index in [4.69, 9.17) is 0 Å². The molecule has 1 aliphatic heterocycles. The first-order valence-corrected chi connectivity index (χ1v) is 5.81. The number of allylic oxidation sites excluding steroid dienone is 2. The van der Waals surface area contributed by atoms with E-state index in [9.17, 15) is 4.79 Å². The number of rotatable bonds is 2. The normalized spacial score (nSPS) is 32.6. The molecule has 0 radical (unpaired) electrons. The molecule has 0 N–H and O–H groups in total. The monoisotopic (exact) mass is 191 g/mol. The second kappa shape index (κ2) is 3.11. The number of hydrogen-bond acceptors (Lipinski definition) is 2. The van der Waals surface area contributed by atoms with Crippen molar-refractivity contribution in [1.82, 2.24) is 4.90 Å². The summed E-state index contributed by atoms with van der Waals surface area (Å²) in [4.78, 5) is 13.6. The van der Waals surface area contributed by atoms with Gasteiger partial charge in [-0.05, 0) is 37.5 Å². The van der Waals surface area contributed by atoms with Gasteiger partial charge in [0.05, 0.1) is 0 Å². The van der Waals surface area contributed by atoms with E-state index in [0.717, 1.165) is 24.7 Å². The molecule has 0 aromatic heterocycles. The fourth-order valence-corrected chi connectivity index (χ4v) is 2.83. The van der Waals surface area contributed by atoms with Crippen LogP contribution >= 0.6 is 0 Å². The van der Waals surface area contributed by atoms with E-state index in [0.29, 0.717) is 5.78 Å². The van der Waals surface area contributed by atoms with E-state index < -0.39 is 0 Å². The predicted octanol–water partition coefficient (Wildman–Crippen LogP) is 1.97. The first-order valence-electron chi connectivity index (χ1n) is 5.81. The highest BCUT2D eigenvalue weighted by molar-refractivity contribution is 5.92. The van der Waals surface area contributed by atoms with Crippen LogP contribution in [0.2, 0.25) is 0 Å². The topological polar surface area (TPSA) is 20.3 Å². The van der Waals surface area contributed by atoms with Crippen LogP contribution in [0.1, 0.15) is 32.1 Å². The van der Waals surface area contributed by atoms with E-state index in [1.807, 2.05) is 6.08 Å². The molecule has 14 heavy (non-hydrogen) atoms. The highest BCUT2D eigenvalue weighted by Gasteiger charge is 2.36. The molecule has 2 aliphatic carbocycles. The van der Waals surface area contributed by atoms with Gasteiger partial charge < -0.3 is 4.90 Å². The summed E-state index contributed by atoms with van der Waals surface area (Å²) >= 11 is 0. The fraction of sp³-hybridized carbons (Fsp3) is 0.750. The number of carbonyl (C=O) groups is 1. The van der Waals surface area contributed by atoms with Crippen LogP contribution in [0.25, 0.3) is 0 Å².